The third-order valence-electron chi connectivity index (χ3n) is 7.50. The van der Waals surface area contributed by atoms with Crippen molar-refractivity contribution in [3.8, 4) is 0 Å². The van der Waals surface area contributed by atoms with E-state index in [1.54, 1.807) is 0 Å². The van der Waals surface area contributed by atoms with Gasteiger partial charge < -0.3 is 19.6 Å². The van der Waals surface area contributed by atoms with Gasteiger partial charge in [0.25, 0.3) is 0 Å². The van der Waals surface area contributed by atoms with Crippen molar-refractivity contribution in [3.63, 3.8) is 0 Å². The molecule has 0 aliphatic carbocycles. The zero-order valence-electron chi connectivity index (χ0n) is 22.6. The van der Waals surface area contributed by atoms with Crippen LogP contribution in [0.1, 0.15) is 33.5 Å². The van der Waals surface area contributed by atoms with E-state index in [0.717, 1.165) is 39.9 Å². The van der Waals surface area contributed by atoms with E-state index in [0.29, 0.717) is 16.8 Å². The van der Waals surface area contributed by atoms with Crippen LogP contribution in [0.25, 0.3) is 10.1 Å². The predicted molar refractivity (Wildman–Crippen MR) is 159 cm³/mol. The van der Waals surface area contributed by atoms with E-state index in [-0.39, 0.29) is 12.8 Å². The predicted octanol–water partition coefficient (Wildman–Crippen LogP) is 7.52. The number of fused-ring (bicyclic) bond motifs is 1. The molecule has 4 N–H and O–H groups in total. The molecule has 1 heterocycles. The van der Waals surface area contributed by atoms with Crippen LogP contribution in [0.3, 0.4) is 0 Å². The highest BCUT2D eigenvalue weighted by molar-refractivity contribution is 7.52. The van der Waals surface area contributed by atoms with Gasteiger partial charge in [-0.05, 0) is 47.1 Å². The molecule has 0 unspecified atom stereocenters. The van der Waals surface area contributed by atoms with Crippen molar-refractivity contribution in [2.75, 3.05) is 0 Å². The Hall–Kier alpha value is -3.21. The molecule has 230 valence electrons. The lowest BCUT2D eigenvalue weighted by Gasteiger charge is -2.34. The van der Waals surface area contributed by atoms with Crippen LogP contribution in [0.15, 0.2) is 103 Å². The highest BCUT2D eigenvalue weighted by atomic mass is 32.1. The van der Waals surface area contributed by atoms with E-state index in [1.165, 1.54) is 35.8 Å². The summed E-state index contributed by atoms with van der Waals surface area (Å²) in [7, 11) is -11.6. The van der Waals surface area contributed by atoms with Crippen molar-refractivity contribution in [1.29, 1.82) is 0 Å². The van der Waals surface area contributed by atoms with Gasteiger partial charge in [-0.1, -0.05) is 97.1 Å². The van der Waals surface area contributed by atoms with E-state index in [1.807, 2.05) is 54.6 Å². The molecule has 0 aliphatic rings. The third kappa shape index (κ3) is 5.91. The number of nitrogens with zero attached hydrogens (tertiary/aromatic N) is 1. The molecule has 0 amide bonds. The fourth-order valence-corrected chi connectivity index (χ4v) is 7.07. The minimum absolute atomic E-state index is 0.160. The Kier molecular flexibility index (Phi) is 8.50. The number of alkyl halides is 4. The summed E-state index contributed by atoms with van der Waals surface area (Å²) in [6.45, 7) is 0. The highest BCUT2D eigenvalue weighted by Crippen LogP contribution is 2.60. The first-order valence-corrected chi connectivity index (χ1v) is 17.0. The van der Waals surface area contributed by atoms with Crippen LogP contribution < -0.4 is 0 Å². The maximum absolute atomic E-state index is 14.4. The summed E-state index contributed by atoms with van der Waals surface area (Å²) >= 11 is 1.25. The smallest absolute Gasteiger partial charge is 0.320 e. The SMILES string of the molecule is O=P(O)(O)C(F)(F)c1ccc(CC(Cc2ccc(C(F)(F)P(=O)(O)O)cc2)(c2ccccc2)c2nsc3ccccc23)cc1. The molecule has 0 radical (unpaired) electrons. The molecular formula is C30H25F4NO6P2S. The Balaban J connectivity index is 1.67. The maximum Gasteiger partial charge on any atom is 0.399 e. The summed E-state index contributed by atoms with van der Waals surface area (Å²) in [6.07, 6.45) is 0.319. The molecule has 5 aromatic rings. The van der Waals surface area contributed by atoms with Crippen LogP contribution in [0.5, 0.6) is 0 Å². The van der Waals surface area contributed by atoms with E-state index in [9.17, 15) is 46.3 Å². The summed E-state index contributed by atoms with van der Waals surface area (Å²) in [5.74, 6) is 0. The summed E-state index contributed by atoms with van der Waals surface area (Å²) in [5.41, 5.74) is -9.01. The van der Waals surface area contributed by atoms with E-state index < -0.39 is 43.1 Å². The molecule has 0 spiro atoms. The molecule has 1 aromatic heterocycles. The number of benzene rings is 4. The Morgan fingerprint density at radius 2 is 1.02 bits per heavy atom. The van der Waals surface area contributed by atoms with Gasteiger partial charge in [0.2, 0.25) is 0 Å². The zero-order valence-corrected chi connectivity index (χ0v) is 25.2. The second-order valence-corrected chi connectivity index (χ2v) is 14.5. The quantitative estimate of drug-likeness (QED) is 0.0898. The van der Waals surface area contributed by atoms with Gasteiger partial charge in [-0.15, -0.1) is 0 Å². The standard InChI is InChI=1S/C30H25F4NO6P2S/c31-29(32,42(36,37)38)23-14-10-20(11-15-23)18-28(22-6-2-1-3-7-22,27-25-8-4-5-9-26(25)44-35-27)19-21-12-16-24(17-13-21)30(33,34)43(39,40)41/h1-17H,18-19H2,(H2,36,37,38)(H2,39,40,41). The van der Waals surface area contributed by atoms with Gasteiger partial charge >= 0.3 is 26.5 Å². The Morgan fingerprint density at radius 1 is 0.591 bits per heavy atom. The minimum Gasteiger partial charge on any atom is -0.320 e. The third-order valence-corrected chi connectivity index (χ3v) is 10.3. The first kappa shape index (κ1) is 32.2. The minimum atomic E-state index is -5.78. The molecule has 7 nitrogen and oxygen atoms in total. The van der Waals surface area contributed by atoms with E-state index in [2.05, 4.69) is 0 Å². The summed E-state index contributed by atoms with van der Waals surface area (Å²) in [6, 6.07) is 25.9. The Morgan fingerprint density at radius 3 is 1.48 bits per heavy atom. The highest BCUT2D eigenvalue weighted by Gasteiger charge is 2.51. The van der Waals surface area contributed by atoms with Gasteiger partial charge in [0, 0.05) is 21.9 Å². The van der Waals surface area contributed by atoms with Crippen molar-refractivity contribution in [3.05, 3.63) is 137 Å². The Labute approximate surface area is 253 Å². The molecule has 44 heavy (non-hydrogen) atoms. The van der Waals surface area contributed by atoms with Gasteiger partial charge in [-0.2, -0.15) is 21.9 Å². The largest absolute Gasteiger partial charge is 0.399 e. The monoisotopic (exact) mass is 665 g/mol. The molecule has 0 fully saturated rings. The van der Waals surface area contributed by atoms with Crippen molar-refractivity contribution in [2.24, 2.45) is 0 Å². The average molecular weight is 666 g/mol. The zero-order chi connectivity index (χ0) is 32.0. The molecule has 0 saturated carbocycles. The molecular weight excluding hydrogens is 640 g/mol. The fourth-order valence-electron chi connectivity index (χ4n) is 5.24. The number of halogens is 4. The summed E-state index contributed by atoms with van der Waals surface area (Å²) < 4.78 is 86.1. The van der Waals surface area contributed by atoms with Gasteiger partial charge in [0.1, 0.15) is 0 Å². The van der Waals surface area contributed by atoms with E-state index in [4.69, 9.17) is 4.37 Å². The van der Waals surface area contributed by atoms with Crippen molar-refractivity contribution in [1.82, 2.24) is 4.37 Å². The van der Waals surface area contributed by atoms with Crippen LogP contribution >= 0.6 is 26.7 Å². The molecule has 0 bridgehead atoms. The van der Waals surface area contributed by atoms with Crippen LogP contribution in [-0.4, -0.2) is 23.9 Å². The second kappa shape index (κ2) is 11.6. The normalized spacial score (nSPS) is 13.4. The van der Waals surface area contributed by atoms with Crippen LogP contribution in [0, 0.1) is 0 Å². The number of hydrogen-bond acceptors (Lipinski definition) is 4. The number of rotatable bonds is 10. The molecule has 14 heteroatoms. The summed E-state index contributed by atoms with van der Waals surface area (Å²) in [4.78, 5) is 36.7. The van der Waals surface area contributed by atoms with Crippen LogP contribution in [0.2, 0.25) is 0 Å². The molecule has 0 atom stereocenters. The second-order valence-electron chi connectivity index (χ2n) is 10.4. The fraction of sp³-hybridized carbons (Fsp3) is 0.167. The lowest BCUT2D eigenvalue weighted by Crippen LogP contribution is -2.34. The lowest BCUT2D eigenvalue weighted by molar-refractivity contribution is 0.0564. The van der Waals surface area contributed by atoms with Gasteiger partial charge in [0.05, 0.1) is 10.4 Å². The first-order chi connectivity index (χ1) is 20.6. The van der Waals surface area contributed by atoms with Gasteiger partial charge in [0.15, 0.2) is 0 Å². The summed E-state index contributed by atoms with van der Waals surface area (Å²) in [5, 5.41) is 0.815. The Bertz CT molecular complexity index is 1790. The van der Waals surface area contributed by atoms with Crippen molar-refractivity contribution >= 4 is 36.8 Å². The lowest BCUT2D eigenvalue weighted by atomic mass is 9.68. The van der Waals surface area contributed by atoms with Gasteiger partial charge in [-0.3, -0.25) is 9.13 Å². The van der Waals surface area contributed by atoms with Crippen LogP contribution in [-0.2, 0) is 38.7 Å². The number of hydrogen-bond donors (Lipinski definition) is 4. The average Bonchev–Trinajstić information content (AvgIpc) is 3.41. The topological polar surface area (TPSA) is 128 Å². The van der Waals surface area contributed by atoms with Crippen molar-refractivity contribution in [2.45, 2.75) is 29.6 Å². The van der Waals surface area contributed by atoms with Crippen molar-refractivity contribution < 1.29 is 46.3 Å². The molecule has 0 aliphatic heterocycles. The maximum atomic E-state index is 14.4. The van der Waals surface area contributed by atoms with Crippen LogP contribution in [0.4, 0.5) is 17.6 Å². The molecule has 0 saturated heterocycles. The van der Waals surface area contributed by atoms with Gasteiger partial charge in [-0.25, -0.2) is 0 Å². The molecule has 5 rings (SSSR count). The first-order valence-electron chi connectivity index (χ1n) is 13.0. The number of aromatic nitrogens is 1. The molecule has 4 aromatic carbocycles. The van der Waals surface area contributed by atoms with E-state index >= 15 is 0 Å².